The summed E-state index contributed by atoms with van der Waals surface area (Å²) in [5.74, 6) is 0.760. The number of hydrogen-bond acceptors (Lipinski definition) is 4. The van der Waals surface area contributed by atoms with Gasteiger partial charge in [-0.1, -0.05) is 15.9 Å². The minimum atomic E-state index is -0.494. The van der Waals surface area contributed by atoms with Crippen LogP contribution in [-0.2, 0) is 4.74 Å². The zero-order chi connectivity index (χ0) is 16.9. The summed E-state index contributed by atoms with van der Waals surface area (Å²) in [4.78, 5) is 11.7. The number of carbonyl (C=O) groups excluding carboxylic acids is 1. The molecule has 1 aromatic rings. The largest absolute Gasteiger partial charge is 0.495 e. The zero-order valence-electron chi connectivity index (χ0n) is 14.0. The Kier molecular flexibility index (Phi) is 6.53. The average Bonchev–Trinajstić information content (AvgIpc) is 2.37. The number of aryl methyl sites for hydroxylation is 1. The molecule has 0 fully saturated rings. The van der Waals surface area contributed by atoms with Gasteiger partial charge in [-0.2, -0.15) is 0 Å². The Morgan fingerprint density at radius 1 is 1.36 bits per heavy atom. The van der Waals surface area contributed by atoms with E-state index in [9.17, 15) is 4.79 Å². The third-order valence-corrected chi connectivity index (χ3v) is 3.28. The van der Waals surface area contributed by atoms with Gasteiger partial charge in [-0.15, -0.1) is 0 Å². The quantitative estimate of drug-likeness (QED) is 0.816. The van der Waals surface area contributed by atoms with Crippen molar-refractivity contribution in [2.75, 3.05) is 19.0 Å². The highest BCUT2D eigenvalue weighted by Crippen LogP contribution is 2.32. The molecule has 0 aliphatic carbocycles. The zero-order valence-corrected chi connectivity index (χ0v) is 15.6. The van der Waals surface area contributed by atoms with E-state index in [2.05, 4.69) is 26.6 Å². The highest BCUT2D eigenvalue weighted by atomic mass is 79.9. The van der Waals surface area contributed by atoms with E-state index in [0.29, 0.717) is 6.54 Å². The Hall–Kier alpha value is -1.43. The molecule has 0 saturated heterocycles. The van der Waals surface area contributed by atoms with Gasteiger partial charge in [0.2, 0.25) is 0 Å². The molecule has 1 rings (SSSR count). The minimum Gasteiger partial charge on any atom is -0.495 e. The molecule has 1 amide bonds. The van der Waals surface area contributed by atoms with E-state index in [1.165, 1.54) is 0 Å². The molecule has 0 saturated carbocycles. The van der Waals surface area contributed by atoms with Gasteiger partial charge in [0.1, 0.15) is 11.4 Å². The maximum atomic E-state index is 11.7. The van der Waals surface area contributed by atoms with E-state index in [1.807, 2.05) is 46.8 Å². The van der Waals surface area contributed by atoms with Crippen molar-refractivity contribution in [2.45, 2.75) is 46.3 Å². The number of benzene rings is 1. The van der Waals surface area contributed by atoms with Crippen molar-refractivity contribution in [2.24, 2.45) is 0 Å². The molecule has 0 aromatic heterocycles. The third kappa shape index (κ3) is 6.13. The second-order valence-electron chi connectivity index (χ2n) is 6.23. The molecule has 22 heavy (non-hydrogen) atoms. The average molecular weight is 373 g/mol. The molecule has 2 N–H and O–H groups in total. The molecular weight excluding hydrogens is 348 g/mol. The van der Waals surface area contributed by atoms with Gasteiger partial charge in [-0.3, -0.25) is 0 Å². The number of ether oxygens (including phenoxy) is 2. The predicted molar refractivity (Wildman–Crippen MR) is 92.8 cm³/mol. The molecule has 0 radical (unpaired) electrons. The van der Waals surface area contributed by atoms with Crippen LogP contribution < -0.4 is 15.4 Å². The number of halogens is 1. The van der Waals surface area contributed by atoms with E-state index in [0.717, 1.165) is 21.5 Å². The molecule has 0 aliphatic heterocycles. The Morgan fingerprint density at radius 3 is 2.55 bits per heavy atom. The maximum absolute atomic E-state index is 11.7. The second kappa shape index (κ2) is 7.72. The lowest BCUT2D eigenvalue weighted by Gasteiger charge is -2.22. The van der Waals surface area contributed by atoms with Crippen LogP contribution in [0.15, 0.2) is 16.6 Å². The van der Waals surface area contributed by atoms with Gasteiger partial charge < -0.3 is 20.1 Å². The van der Waals surface area contributed by atoms with Gasteiger partial charge in [-0.05, 0) is 52.3 Å². The first-order valence-electron chi connectivity index (χ1n) is 7.20. The maximum Gasteiger partial charge on any atom is 0.407 e. The van der Waals surface area contributed by atoms with Crippen molar-refractivity contribution < 1.29 is 14.3 Å². The molecule has 124 valence electrons. The molecule has 1 aromatic carbocycles. The summed E-state index contributed by atoms with van der Waals surface area (Å²) in [6.07, 6.45) is -0.416. The summed E-state index contributed by atoms with van der Waals surface area (Å²) in [7, 11) is 1.63. The standard InChI is InChI=1S/C16H25BrN2O3/c1-10-7-12(17)8-13(21-6)14(10)19-11(2)9-18-15(20)22-16(3,4)5/h7-8,11,19H,9H2,1-6H3,(H,18,20). The van der Waals surface area contributed by atoms with Crippen LogP contribution in [0.2, 0.25) is 0 Å². The van der Waals surface area contributed by atoms with Gasteiger partial charge in [0.05, 0.1) is 12.8 Å². The Balaban J connectivity index is 2.63. The van der Waals surface area contributed by atoms with Crippen LogP contribution in [-0.4, -0.2) is 31.4 Å². The van der Waals surface area contributed by atoms with E-state index in [1.54, 1.807) is 7.11 Å². The second-order valence-corrected chi connectivity index (χ2v) is 7.14. The minimum absolute atomic E-state index is 0.0290. The molecule has 0 aliphatic rings. The summed E-state index contributed by atoms with van der Waals surface area (Å²) in [5, 5.41) is 6.11. The first kappa shape index (κ1) is 18.6. The van der Waals surface area contributed by atoms with Crippen LogP contribution in [0.25, 0.3) is 0 Å². The number of anilines is 1. The smallest absolute Gasteiger partial charge is 0.407 e. The molecule has 1 unspecified atom stereocenters. The van der Waals surface area contributed by atoms with E-state index < -0.39 is 11.7 Å². The number of rotatable bonds is 5. The molecule has 0 heterocycles. The fourth-order valence-corrected chi connectivity index (χ4v) is 2.46. The van der Waals surface area contributed by atoms with Crippen molar-refractivity contribution in [3.8, 4) is 5.75 Å². The van der Waals surface area contributed by atoms with Crippen LogP contribution in [0.5, 0.6) is 5.75 Å². The van der Waals surface area contributed by atoms with Crippen molar-refractivity contribution in [1.29, 1.82) is 0 Å². The van der Waals surface area contributed by atoms with Crippen molar-refractivity contribution >= 4 is 27.7 Å². The number of nitrogens with one attached hydrogen (secondary N) is 2. The van der Waals surface area contributed by atoms with Gasteiger partial charge in [0.15, 0.2) is 0 Å². The predicted octanol–water partition coefficient (Wildman–Crippen LogP) is 4.09. The van der Waals surface area contributed by atoms with Gasteiger partial charge in [-0.25, -0.2) is 4.79 Å². The van der Waals surface area contributed by atoms with Crippen molar-refractivity contribution in [3.05, 3.63) is 22.2 Å². The van der Waals surface area contributed by atoms with Crippen LogP contribution in [0.1, 0.15) is 33.3 Å². The molecule has 0 spiro atoms. The van der Waals surface area contributed by atoms with Gasteiger partial charge in [0.25, 0.3) is 0 Å². The third-order valence-electron chi connectivity index (χ3n) is 2.83. The highest BCUT2D eigenvalue weighted by molar-refractivity contribution is 9.10. The lowest BCUT2D eigenvalue weighted by Crippen LogP contribution is -2.38. The Morgan fingerprint density at radius 2 is 2.00 bits per heavy atom. The van der Waals surface area contributed by atoms with Gasteiger partial charge in [0, 0.05) is 17.1 Å². The highest BCUT2D eigenvalue weighted by Gasteiger charge is 2.17. The molecule has 5 nitrogen and oxygen atoms in total. The van der Waals surface area contributed by atoms with Crippen LogP contribution >= 0.6 is 15.9 Å². The topological polar surface area (TPSA) is 59.6 Å². The van der Waals surface area contributed by atoms with Crippen LogP contribution in [0.3, 0.4) is 0 Å². The number of amides is 1. The van der Waals surface area contributed by atoms with E-state index in [-0.39, 0.29) is 6.04 Å². The Labute approximate surface area is 140 Å². The first-order valence-corrected chi connectivity index (χ1v) is 7.99. The fraction of sp³-hybridized carbons (Fsp3) is 0.562. The summed E-state index contributed by atoms with van der Waals surface area (Å²) < 4.78 is 11.6. The molecular formula is C16H25BrN2O3. The Bertz CT molecular complexity index is 527. The van der Waals surface area contributed by atoms with Crippen LogP contribution in [0.4, 0.5) is 10.5 Å². The summed E-state index contributed by atoms with van der Waals surface area (Å²) in [6.45, 7) is 9.95. The monoisotopic (exact) mass is 372 g/mol. The summed E-state index contributed by atoms with van der Waals surface area (Å²) in [6, 6.07) is 3.95. The molecule has 0 bridgehead atoms. The van der Waals surface area contributed by atoms with Gasteiger partial charge >= 0.3 is 6.09 Å². The summed E-state index contributed by atoms with van der Waals surface area (Å²) in [5.41, 5.74) is 1.49. The first-order chi connectivity index (χ1) is 10.1. The molecule has 1 atom stereocenters. The van der Waals surface area contributed by atoms with Crippen LogP contribution in [0, 0.1) is 6.92 Å². The normalized spacial score (nSPS) is 12.5. The lowest BCUT2D eigenvalue weighted by atomic mass is 10.1. The number of methoxy groups -OCH3 is 1. The number of hydrogen-bond donors (Lipinski definition) is 2. The number of alkyl carbamates (subject to hydrolysis) is 1. The van der Waals surface area contributed by atoms with Crippen molar-refractivity contribution in [3.63, 3.8) is 0 Å². The number of carbonyl (C=O) groups is 1. The molecule has 6 heteroatoms. The van der Waals surface area contributed by atoms with Crippen molar-refractivity contribution in [1.82, 2.24) is 5.32 Å². The fourth-order valence-electron chi connectivity index (χ4n) is 1.91. The lowest BCUT2D eigenvalue weighted by molar-refractivity contribution is 0.0526. The van der Waals surface area contributed by atoms with E-state index >= 15 is 0 Å². The summed E-state index contributed by atoms with van der Waals surface area (Å²) >= 11 is 3.45. The van der Waals surface area contributed by atoms with E-state index in [4.69, 9.17) is 9.47 Å². The SMILES string of the molecule is COc1cc(Br)cc(C)c1NC(C)CNC(=O)OC(C)(C)C.